The fourth-order valence-corrected chi connectivity index (χ4v) is 2.55. The lowest BCUT2D eigenvalue weighted by molar-refractivity contribution is -0.905. The minimum absolute atomic E-state index is 0.0861. The van der Waals surface area contributed by atoms with Crippen molar-refractivity contribution in [1.82, 2.24) is 0 Å². The average molecular weight is 344 g/mol. The molecule has 1 aromatic carbocycles. The smallest absolute Gasteiger partial charge is 0.312 e. The van der Waals surface area contributed by atoms with Crippen molar-refractivity contribution in [2.75, 3.05) is 27.4 Å². The van der Waals surface area contributed by atoms with Gasteiger partial charge in [0, 0.05) is 11.1 Å². The van der Waals surface area contributed by atoms with E-state index in [1.807, 2.05) is 0 Å². The Morgan fingerprint density at radius 3 is 2.48 bits per heavy atom. The van der Waals surface area contributed by atoms with Crippen molar-refractivity contribution in [3.05, 3.63) is 33.3 Å². The van der Waals surface area contributed by atoms with Crippen LogP contribution in [0.4, 0.5) is 5.69 Å². The summed E-state index contributed by atoms with van der Waals surface area (Å²) in [6.07, 6.45) is 7.51. The lowest BCUT2D eigenvalue weighted by atomic mass is 10.1. The van der Waals surface area contributed by atoms with Crippen LogP contribution in [0, 0.1) is 10.1 Å². The summed E-state index contributed by atoms with van der Waals surface area (Å²) in [5.41, 5.74) is -0.0861. The Kier molecular flexibility index (Phi) is 8.34. The van der Waals surface area contributed by atoms with Gasteiger partial charge >= 0.3 is 5.69 Å². The second kappa shape index (κ2) is 9.73. The van der Waals surface area contributed by atoms with Gasteiger partial charge in [0.1, 0.15) is 0 Å². The number of quaternary nitrogens is 1. The van der Waals surface area contributed by atoms with Crippen molar-refractivity contribution < 1.29 is 14.1 Å². The van der Waals surface area contributed by atoms with E-state index in [-0.39, 0.29) is 11.4 Å². The van der Waals surface area contributed by atoms with Crippen molar-refractivity contribution in [3.63, 3.8) is 0 Å². The van der Waals surface area contributed by atoms with Gasteiger partial charge in [0.2, 0.25) is 12.5 Å². The summed E-state index contributed by atoms with van der Waals surface area (Å²) in [5, 5.41) is 11.4. The van der Waals surface area contributed by atoms with Crippen molar-refractivity contribution in [2.24, 2.45) is 0 Å². The van der Waals surface area contributed by atoms with Crippen LogP contribution in [0.5, 0.6) is 5.75 Å². The molecule has 0 heterocycles. The number of hydrogen-bond donors (Lipinski definition) is 0. The molecule has 0 N–H and O–H groups in total. The molecule has 0 spiro atoms. The number of benzene rings is 1. The van der Waals surface area contributed by atoms with Gasteiger partial charge in [-0.05, 0) is 25.0 Å². The van der Waals surface area contributed by atoms with Crippen LogP contribution < -0.4 is 4.74 Å². The molecule has 6 heteroatoms. The molecule has 0 unspecified atom stereocenters. The molecule has 0 aliphatic heterocycles. The third-order valence-electron chi connectivity index (χ3n) is 3.80. The molecule has 0 bridgehead atoms. The van der Waals surface area contributed by atoms with Gasteiger partial charge in [0.05, 0.1) is 25.6 Å². The van der Waals surface area contributed by atoms with Gasteiger partial charge in [0.15, 0.2) is 0 Å². The SMILES string of the molecule is CCCCCCCC[N+](C)(C)COc1ccc(Cl)cc1[N+](=O)[O-]. The second-order valence-corrected chi connectivity index (χ2v) is 7.01. The van der Waals surface area contributed by atoms with E-state index in [1.54, 1.807) is 12.1 Å². The standard InChI is InChI=1S/C17H28ClN2O3/c1-4-5-6-7-8-9-12-20(2,3)14-23-17-11-10-15(18)13-16(17)19(21)22/h10-11,13H,4-9,12,14H2,1-3H3/q+1. The van der Waals surface area contributed by atoms with Crippen LogP contribution in [0.25, 0.3) is 0 Å². The normalized spacial score (nSPS) is 11.5. The van der Waals surface area contributed by atoms with E-state index < -0.39 is 4.92 Å². The van der Waals surface area contributed by atoms with Crippen LogP contribution in [0.15, 0.2) is 18.2 Å². The topological polar surface area (TPSA) is 52.4 Å². The molecule has 0 saturated heterocycles. The summed E-state index contributed by atoms with van der Waals surface area (Å²) in [5.74, 6) is 0.272. The van der Waals surface area contributed by atoms with Crippen molar-refractivity contribution in [3.8, 4) is 5.75 Å². The first-order valence-corrected chi connectivity index (χ1v) is 8.62. The minimum atomic E-state index is -0.463. The number of unbranched alkanes of at least 4 members (excludes halogenated alkanes) is 5. The molecule has 0 atom stereocenters. The molecule has 0 amide bonds. The van der Waals surface area contributed by atoms with E-state index in [0.29, 0.717) is 16.2 Å². The summed E-state index contributed by atoms with van der Waals surface area (Å²) in [6.45, 7) is 3.61. The Balaban J connectivity index is 2.45. The van der Waals surface area contributed by atoms with E-state index in [9.17, 15) is 10.1 Å². The van der Waals surface area contributed by atoms with Crippen LogP contribution in [0.2, 0.25) is 5.02 Å². The lowest BCUT2D eigenvalue weighted by Gasteiger charge is -2.29. The van der Waals surface area contributed by atoms with Crippen LogP contribution in [0.3, 0.4) is 0 Å². The Labute approximate surface area is 143 Å². The molecule has 0 radical (unpaired) electrons. The molecule has 0 aliphatic carbocycles. The zero-order valence-corrected chi connectivity index (χ0v) is 15.1. The highest BCUT2D eigenvalue weighted by Gasteiger charge is 2.20. The molecule has 5 nitrogen and oxygen atoms in total. The summed E-state index contributed by atoms with van der Waals surface area (Å²) in [6, 6.07) is 4.49. The average Bonchev–Trinajstić information content (AvgIpc) is 2.49. The van der Waals surface area contributed by atoms with Gasteiger partial charge < -0.3 is 4.74 Å². The van der Waals surface area contributed by atoms with Gasteiger partial charge in [-0.1, -0.05) is 44.2 Å². The Morgan fingerprint density at radius 1 is 1.17 bits per heavy atom. The summed E-state index contributed by atoms with van der Waals surface area (Å²) >= 11 is 5.81. The fraction of sp³-hybridized carbons (Fsp3) is 0.647. The zero-order valence-electron chi connectivity index (χ0n) is 14.4. The number of hydrogen-bond acceptors (Lipinski definition) is 3. The van der Waals surface area contributed by atoms with E-state index in [2.05, 4.69) is 21.0 Å². The maximum atomic E-state index is 11.1. The maximum absolute atomic E-state index is 11.1. The number of nitrogens with zero attached hydrogens (tertiary/aromatic N) is 2. The number of ether oxygens (including phenoxy) is 1. The summed E-state index contributed by atoms with van der Waals surface area (Å²) < 4.78 is 6.36. The molecular formula is C17H28ClN2O3+. The largest absolute Gasteiger partial charge is 0.438 e. The predicted molar refractivity (Wildman–Crippen MR) is 94.0 cm³/mol. The molecule has 1 aromatic rings. The number of rotatable bonds is 11. The van der Waals surface area contributed by atoms with Crippen LogP contribution in [-0.2, 0) is 0 Å². The van der Waals surface area contributed by atoms with Gasteiger partial charge in [0.25, 0.3) is 0 Å². The third-order valence-corrected chi connectivity index (χ3v) is 4.04. The molecule has 0 saturated carbocycles. The van der Waals surface area contributed by atoms with Crippen molar-refractivity contribution in [1.29, 1.82) is 0 Å². The summed E-state index contributed by atoms with van der Waals surface area (Å²) in [4.78, 5) is 10.6. The van der Waals surface area contributed by atoms with Crippen LogP contribution >= 0.6 is 11.6 Å². The van der Waals surface area contributed by atoms with Gasteiger partial charge in [-0.15, -0.1) is 0 Å². The first kappa shape index (κ1) is 19.7. The number of nitro benzene ring substituents is 1. The van der Waals surface area contributed by atoms with E-state index >= 15 is 0 Å². The highest BCUT2D eigenvalue weighted by molar-refractivity contribution is 6.30. The molecule has 0 aliphatic rings. The zero-order chi connectivity index (χ0) is 17.3. The predicted octanol–water partition coefficient (Wildman–Crippen LogP) is 5.02. The van der Waals surface area contributed by atoms with E-state index in [4.69, 9.17) is 16.3 Å². The maximum Gasteiger partial charge on any atom is 0.312 e. The Morgan fingerprint density at radius 2 is 1.83 bits per heavy atom. The second-order valence-electron chi connectivity index (χ2n) is 6.57. The highest BCUT2D eigenvalue weighted by Crippen LogP contribution is 2.30. The monoisotopic (exact) mass is 343 g/mol. The minimum Gasteiger partial charge on any atom is -0.438 e. The lowest BCUT2D eigenvalue weighted by Crippen LogP contribution is -2.43. The van der Waals surface area contributed by atoms with Gasteiger partial charge in [-0.3, -0.25) is 14.6 Å². The summed E-state index contributed by atoms with van der Waals surface area (Å²) in [7, 11) is 4.15. The molecule has 0 fully saturated rings. The van der Waals surface area contributed by atoms with Gasteiger partial charge in [-0.25, -0.2) is 0 Å². The van der Waals surface area contributed by atoms with E-state index in [1.165, 1.54) is 38.2 Å². The molecule has 23 heavy (non-hydrogen) atoms. The van der Waals surface area contributed by atoms with Gasteiger partial charge in [-0.2, -0.15) is 0 Å². The molecule has 1 rings (SSSR count). The van der Waals surface area contributed by atoms with Crippen molar-refractivity contribution in [2.45, 2.75) is 45.4 Å². The van der Waals surface area contributed by atoms with Crippen molar-refractivity contribution >= 4 is 17.3 Å². The van der Waals surface area contributed by atoms with E-state index in [0.717, 1.165) is 13.0 Å². The Hall–Kier alpha value is -1.33. The number of halogens is 1. The molecular weight excluding hydrogens is 316 g/mol. The highest BCUT2D eigenvalue weighted by atomic mass is 35.5. The number of nitro groups is 1. The molecule has 0 aromatic heterocycles. The fourth-order valence-electron chi connectivity index (χ4n) is 2.38. The van der Waals surface area contributed by atoms with Crippen LogP contribution in [-0.4, -0.2) is 36.8 Å². The van der Waals surface area contributed by atoms with Crippen LogP contribution in [0.1, 0.15) is 45.4 Å². The quantitative estimate of drug-likeness (QED) is 0.186. The third kappa shape index (κ3) is 7.66. The first-order valence-electron chi connectivity index (χ1n) is 8.24. The Bertz CT molecular complexity index is 507. The first-order chi connectivity index (χ1) is 10.9. The molecule has 130 valence electrons.